The van der Waals surface area contributed by atoms with Crippen LogP contribution in [0.5, 0.6) is 0 Å². The van der Waals surface area contributed by atoms with Gasteiger partial charge >= 0.3 is 0 Å². The molecule has 0 atom stereocenters. The molecule has 1 aliphatic carbocycles. The minimum absolute atomic E-state index is 0.0459. The van der Waals surface area contributed by atoms with Crippen molar-refractivity contribution in [1.29, 1.82) is 0 Å². The summed E-state index contributed by atoms with van der Waals surface area (Å²) in [5.41, 5.74) is 8.37. The Bertz CT molecular complexity index is 467. The van der Waals surface area contributed by atoms with Gasteiger partial charge in [-0.05, 0) is 49.3 Å². The summed E-state index contributed by atoms with van der Waals surface area (Å²) >= 11 is 0. The van der Waals surface area contributed by atoms with Crippen molar-refractivity contribution in [3.05, 3.63) is 29.3 Å². The lowest BCUT2D eigenvalue weighted by Crippen LogP contribution is -2.30. The first kappa shape index (κ1) is 13.9. The first-order chi connectivity index (χ1) is 9.06. The molecule has 1 amide bonds. The zero-order chi connectivity index (χ0) is 13.9. The number of hydrogen-bond acceptors (Lipinski definition) is 3. The number of rotatable bonds is 6. The summed E-state index contributed by atoms with van der Waals surface area (Å²) in [5, 5.41) is 3.01. The van der Waals surface area contributed by atoms with E-state index in [2.05, 4.69) is 5.32 Å². The molecule has 0 saturated heterocycles. The second-order valence-corrected chi connectivity index (χ2v) is 5.50. The van der Waals surface area contributed by atoms with E-state index >= 15 is 0 Å². The van der Waals surface area contributed by atoms with E-state index in [9.17, 15) is 4.79 Å². The van der Waals surface area contributed by atoms with Crippen molar-refractivity contribution in [2.24, 2.45) is 5.41 Å². The van der Waals surface area contributed by atoms with E-state index in [-0.39, 0.29) is 11.3 Å². The highest BCUT2D eigenvalue weighted by atomic mass is 16.5. The summed E-state index contributed by atoms with van der Waals surface area (Å²) in [6.45, 7) is 3.41. The molecule has 1 saturated carbocycles. The maximum atomic E-state index is 12.1. The van der Waals surface area contributed by atoms with Gasteiger partial charge in [0.15, 0.2) is 0 Å². The van der Waals surface area contributed by atoms with Crippen molar-refractivity contribution in [2.45, 2.75) is 26.2 Å². The normalized spacial score (nSPS) is 16.1. The second kappa shape index (κ2) is 5.61. The van der Waals surface area contributed by atoms with Crippen LogP contribution >= 0.6 is 0 Å². The van der Waals surface area contributed by atoms with Gasteiger partial charge < -0.3 is 15.8 Å². The van der Waals surface area contributed by atoms with E-state index < -0.39 is 0 Å². The number of amides is 1. The summed E-state index contributed by atoms with van der Waals surface area (Å²) in [6, 6.07) is 5.43. The molecule has 19 heavy (non-hydrogen) atoms. The predicted octanol–water partition coefficient (Wildman–Crippen LogP) is 2.12. The molecule has 0 aliphatic heterocycles. The molecule has 2 rings (SSSR count). The van der Waals surface area contributed by atoms with Crippen molar-refractivity contribution in [3.63, 3.8) is 0 Å². The molecule has 0 bridgehead atoms. The van der Waals surface area contributed by atoms with E-state index in [4.69, 9.17) is 10.5 Å². The van der Waals surface area contributed by atoms with Crippen molar-refractivity contribution < 1.29 is 9.53 Å². The molecule has 0 heterocycles. The van der Waals surface area contributed by atoms with Gasteiger partial charge in [0.05, 0.1) is 0 Å². The molecule has 0 radical (unpaired) electrons. The van der Waals surface area contributed by atoms with Crippen LogP contribution in [0.4, 0.5) is 5.69 Å². The number of benzene rings is 1. The molecule has 0 spiro atoms. The largest absolute Gasteiger partial charge is 0.398 e. The van der Waals surface area contributed by atoms with Crippen LogP contribution in [-0.2, 0) is 4.74 Å². The molecule has 4 heteroatoms. The summed E-state index contributed by atoms with van der Waals surface area (Å²) in [6.07, 6.45) is 3.36. The molecule has 4 nitrogen and oxygen atoms in total. The number of nitrogens with one attached hydrogen (secondary N) is 1. The van der Waals surface area contributed by atoms with Gasteiger partial charge in [0, 0.05) is 31.5 Å². The molecule has 1 aromatic carbocycles. The van der Waals surface area contributed by atoms with Crippen LogP contribution < -0.4 is 11.1 Å². The van der Waals surface area contributed by atoms with E-state index in [0.717, 1.165) is 25.1 Å². The van der Waals surface area contributed by atoms with Crippen LogP contribution in [0.15, 0.2) is 18.2 Å². The van der Waals surface area contributed by atoms with Gasteiger partial charge in [-0.25, -0.2) is 0 Å². The Hall–Kier alpha value is -1.55. The lowest BCUT2D eigenvalue weighted by atomic mass is 10.0. The Balaban J connectivity index is 1.89. The lowest BCUT2D eigenvalue weighted by Gasteiger charge is -2.15. The number of carbonyl (C=O) groups excluding carboxylic acids is 1. The summed E-state index contributed by atoms with van der Waals surface area (Å²) in [5.74, 6) is -0.0459. The van der Waals surface area contributed by atoms with Crippen molar-refractivity contribution in [3.8, 4) is 0 Å². The number of ether oxygens (including phenoxy) is 1. The number of methoxy groups -OCH3 is 1. The summed E-state index contributed by atoms with van der Waals surface area (Å²) in [7, 11) is 1.71. The highest BCUT2D eigenvalue weighted by molar-refractivity contribution is 5.95. The Morgan fingerprint density at radius 1 is 1.47 bits per heavy atom. The Kier molecular flexibility index (Phi) is 4.10. The SMILES string of the molecule is COCCC1(CNC(=O)c2ccc(C)c(N)c2)CC1. The van der Waals surface area contributed by atoms with Crippen LogP contribution in [0.25, 0.3) is 0 Å². The van der Waals surface area contributed by atoms with Crippen LogP contribution in [0.1, 0.15) is 35.2 Å². The molecular weight excluding hydrogens is 240 g/mol. The highest BCUT2D eigenvalue weighted by Gasteiger charge is 2.42. The number of nitrogens with two attached hydrogens (primary N) is 1. The van der Waals surface area contributed by atoms with E-state index in [1.807, 2.05) is 19.1 Å². The minimum Gasteiger partial charge on any atom is -0.398 e. The van der Waals surface area contributed by atoms with Gasteiger partial charge in [0.1, 0.15) is 0 Å². The van der Waals surface area contributed by atoms with Crippen LogP contribution in [0.2, 0.25) is 0 Å². The van der Waals surface area contributed by atoms with Gasteiger partial charge in [0.2, 0.25) is 0 Å². The Labute approximate surface area is 114 Å². The monoisotopic (exact) mass is 262 g/mol. The lowest BCUT2D eigenvalue weighted by molar-refractivity contribution is 0.0938. The van der Waals surface area contributed by atoms with Gasteiger partial charge in [-0.2, -0.15) is 0 Å². The Morgan fingerprint density at radius 3 is 2.79 bits per heavy atom. The Morgan fingerprint density at radius 2 is 2.21 bits per heavy atom. The molecule has 0 aromatic heterocycles. The number of aryl methyl sites for hydroxylation is 1. The second-order valence-electron chi connectivity index (χ2n) is 5.50. The van der Waals surface area contributed by atoms with Gasteiger partial charge in [0.25, 0.3) is 5.91 Å². The molecule has 0 unspecified atom stereocenters. The fourth-order valence-electron chi connectivity index (χ4n) is 2.16. The van der Waals surface area contributed by atoms with Crippen LogP contribution in [0, 0.1) is 12.3 Å². The van der Waals surface area contributed by atoms with E-state index in [1.54, 1.807) is 13.2 Å². The third-order valence-electron chi connectivity index (χ3n) is 3.96. The fraction of sp³-hybridized carbons (Fsp3) is 0.533. The molecule has 1 fully saturated rings. The maximum absolute atomic E-state index is 12.1. The minimum atomic E-state index is -0.0459. The maximum Gasteiger partial charge on any atom is 0.251 e. The molecular formula is C15H22N2O2. The number of carbonyl (C=O) groups is 1. The number of anilines is 1. The van der Waals surface area contributed by atoms with Crippen molar-refractivity contribution >= 4 is 11.6 Å². The number of hydrogen-bond donors (Lipinski definition) is 2. The van der Waals surface area contributed by atoms with E-state index in [0.29, 0.717) is 11.3 Å². The molecule has 3 N–H and O–H groups in total. The first-order valence-electron chi connectivity index (χ1n) is 6.70. The highest BCUT2D eigenvalue weighted by Crippen LogP contribution is 2.48. The predicted molar refractivity (Wildman–Crippen MR) is 76.1 cm³/mol. The molecule has 1 aliphatic rings. The number of nitrogen functional groups attached to an aromatic ring is 1. The average molecular weight is 262 g/mol. The smallest absolute Gasteiger partial charge is 0.251 e. The molecule has 104 valence electrons. The van der Waals surface area contributed by atoms with Crippen LogP contribution in [0.3, 0.4) is 0 Å². The zero-order valence-corrected chi connectivity index (χ0v) is 11.7. The standard InChI is InChI=1S/C15H22N2O2/c1-11-3-4-12(9-13(11)16)14(18)17-10-15(5-6-15)7-8-19-2/h3-4,9H,5-8,10,16H2,1-2H3,(H,17,18). The third kappa shape index (κ3) is 3.47. The first-order valence-corrected chi connectivity index (χ1v) is 6.70. The summed E-state index contributed by atoms with van der Waals surface area (Å²) < 4.78 is 5.11. The van der Waals surface area contributed by atoms with Gasteiger partial charge in [-0.1, -0.05) is 6.07 Å². The van der Waals surface area contributed by atoms with Gasteiger partial charge in [-0.15, -0.1) is 0 Å². The average Bonchev–Trinajstić information content (AvgIpc) is 3.17. The quantitative estimate of drug-likeness (QED) is 0.772. The third-order valence-corrected chi connectivity index (χ3v) is 3.96. The molecule has 1 aromatic rings. The van der Waals surface area contributed by atoms with Crippen molar-refractivity contribution in [2.75, 3.05) is 26.0 Å². The van der Waals surface area contributed by atoms with E-state index in [1.165, 1.54) is 12.8 Å². The zero-order valence-electron chi connectivity index (χ0n) is 11.7. The van der Waals surface area contributed by atoms with Crippen LogP contribution in [-0.4, -0.2) is 26.2 Å². The van der Waals surface area contributed by atoms with Gasteiger partial charge in [-0.3, -0.25) is 4.79 Å². The fourth-order valence-corrected chi connectivity index (χ4v) is 2.16. The topological polar surface area (TPSA) is 64.3 Å². The van der Waals surface area contributed by atoms with Crippen molar-refractivity contribution in [1.82, 2.24) is 5.32 Å². The summed E-state index contributed by atoms with van der Waals surface area (Å²) in [4.78, 5) is 12.1.